The second-order valence-electron chi connectivity index (χ2n) is 6.99. The lowest BCUT2D eigenvalue weighted by atomic mass is 10.0. The molecule has 0 aliphatic heterocycles. The SMILES string of the molecule is CN=C(NCc1nc(C(C)C)cs1)NCC(Nc1ccccc1)C(C)C.I. The molecule has 1 heterocycles. The summed E-state index contributed by atoms with van der Waals surface area (Å²) >= 11 is 1.69. The van der Waals surface area contributed by atoms with Gasteiger partial charge in [0.15, 0.2) is 5.96 Å². The Bertz CT molecular complexity index is 685. The lowest BCUT2D eigenvalue weighted by Gasteiger charge is -2.25. The molecule has 1 atom stereocenters. The molecule has 7 heteroatoms. The average molecular weight is 501 g/mol. The molecule has 27 heavy (non-hydrogen) atoms. The highest BCUT2D eigenvalue weighted by Gasteiger charge is 2.14. The van der Waals surface area contributed by atoms with Gasteiger partial charge in [-0.2, -0.15) is 0 Å². The highest BCUT2D eigenvalue weighted by Crippen LogP contribution is 2.17. The van der Waals surface area contributed by atoms with Gasteiger partial charge in [-0.15, -0.1) is 35.3 Å². The Balaban J connectivity index is 0.00000364. The fraction of sp³-hybridized carbons (Fsp3) is 0.500. The Labute approximate surface area is 184 Å². The average Bonchev–Trinajstić information content (AvgIpc) is 3.11. The number of nitrogens with zero attached hydrogens (tertiary/aromatic N) is 2. The molecule has 0 bridgehead atoms. The van der Waals surface area contributed by atoms with E-state index in [1.807, 2.05) is 18.2 Å². The van der Waals surface area contributed by atoms with E-state index in [9.17, 15) is 0 Å². The Hall–Kier alpha value is -1.35. The van der Waals surface area contributed by atoms with Gasteiger partial charge in [0, 0.05) is 30.7 Å². The number of aromatic nitrogens is 1. The van der Waals surface area contributed by atoms with Gasteiger partial charge in [-0.05, 0) is 24.0 Å². The highest BCUT2D eigenvalue weighted by atomic mass is 127. The van der Waals surface area contributed by atoms with Crippen LogP contribution in [0, 0.1) is 5.92 Å². The minimum Gasteiger partial charge on any atom is -0.380 e. The van der Waals surface area contributed by atoms with Crippen molar-refractivity contribution in [2.24, 2.45) is 10.9 Å². The molecule has 1 aromatic carbocycles. The number of guanidine groups is 1. The second-order valence-corrected chi connectivity index (χ2v) is 7.93. The Morgan fingerprint density at radius 2 is 1.81 bits per heavy atom. The van der Waals surface area contributed by atoms with Crippen LogP contribution in [-0.2, 0) is 6.54 Å². The van der Waals surface area contributed by atoms with Crippen molar-refractivity contribution in [3.05, 3.63) is 46.4 Å². The molecule has 5 nitrogen and oxygen atoms in total. The number of benzene rings is 1. The van der Waals surface area contributed by atoms with Crippen molar-refractivity contribution >= 4 is 47.0 Å². The number of nitrogens with one attached hydrogen (secondary N) is 3. The minimum atomic E-state index is 0. The zero-order chi connectivity index (χ0) is 18.9. The first kappa shape index (κ1) is 23.7. The number of thiazole rings is 1. The van der Waals surface area contributed by atoms with Gasteiger partial charge < -0.3 is 16.0 Å². The van der Waals surface area contributed by atoms with E-state index < -0.39 is 0 Å². The van der Waals surface area contributed by atoms with Crippen LogP contribution in [0.15, 0.2) is 40.7 Å². The van der Waals surface area contributed by atoms with Gasteiger partial charge in [0.2, 0.25) is 0 Å². The maximum Gasteiger partial charge on any atom is 0.191 e. The minimum absolute atomic E-state index is 0. The van der Waals surface area contributed by atoms with Gasteiger partial charge in [-0.1, -0.05) is 45.9 Å². The van der Waals surface area contributed by atoms with E-state index in [4.69, 9.17) is 0 Å². The number of rotatable bonds is 8. The van der Waals surface area contributed by atoms with E-state index in [1.54, 1.807) is 18.4 Å². The zero-order valence-corrected chi connectivity index (χ0v) is 20.0. The van der Waals surface area contributed by atoms with Gasteiger partial charge in [0.25, 0.3) is 0 Å². The van der Waals surface area contributed by atoms with Crippen molar-refractivity contribution in [1.82, 2.24) is 15.6 Å². The summed E-state index contributed by atoms with van der Waals surface area (Å²) in [4.78, 5) is 8.98. The zero-order valence-electron chi connectivity index (χ0n) is 16.8. The lowest BCUT2D eigenvalue weighted by Crippen LogP contribution is -2.44. The molecule has 0 spiro atoms. The van der Waals surface area contributed by atoms with Gasteiger partial charge in [-0.25, -0.2) is 4.98 Å². The van der Waals surface area contributed by atoms with Crippen LogP contribution in [0.2, 0.25) is 0 Å². The van der Waals surface area contributed by atoms with Crippen LogP contribution >= 0.6 is 35.3 Å². The van der Waals surface area contributed by atoms with Gasteiger partial charge in [0.1, 0.15) is 5.01 Å². The summed E-state index contributed by atoms with van der Waals surface area (Å²) in [7, 11) is 1.80. The molecule has 2 rings (SSSR count). The molecule has 150 valence electrons. The monoisotopic (exact) mass is 501 g/mol. The fourth-order valence-electron chi connectivity index (χ4n) is 2.46. The molecule has 0 amide bonds. The van der Waals surface area contributed by atoms with Gasteiger partial charge >= 0.3 is 0 Å². The van der Waals surface area contributed by atoms with Crippen molar-refractivity contribution in [3.8, 4) is 0 Å². The van der Waals surface area contributed by atoms with E-state index in [2.05, 4.69) is 71.1 Å². The van der Waals surface area contributed by atoms with Crippen LogP contribution in [0.1, 0.15) is 44.3 Å². The van der Waals surface area contributed by atoms with Crippen molar-refractivity contribution in [3.63, 3.8) is 0 Å². The maximum atomic E-state index is 4.66. The summed E-state index contributed by atoms with van der Waals surface area (Å²) in [5, 5.41) is 13.6. The first-order chi connectivity index (χ1) is 12.5. The van der Waals surface area contributed by atoms with Crippen molar-refractivity contribution in [1.29, 1.82) is 0 Å². The summed E-state index contributed by atoms with van der Waals surface area (Å²) in [6.45, 7) is 10.3. The third kappa shape index (κ3) is 8.04. The van der Waals surface area contributed by atoms with E-state index in [-0.39, 0.29) is 24.0 Å². The topological polar surface area (TPSA) is 61.3 Å². The summed E-state index contributed by atoms with van der Waals surface area (Å²) in [6.07, 6.45) is 0. The van der Waals surface area contributed by atoms with E-state index in [1.165, 1.54) is 0 Å². The number of hydrogen-bond donors (Lipinski definition) is 3. The van der Waals surface area contributed by atoms with Crippen LogP contribution in [0.3, 0.4) is 0 Å². The van der Waals surface area contributed by atoms with Crippen molar-refractivity contribution in [2.45, 2.75) is 46.2 Å². The molecular formula is C20H32IN5S. The Kier molecular flexibility index (Phi) is 10.7. The fourth-order valence-corrected chi connectivity index (χ4v) is 3.36. The number of hydrogen-bond acceptors (Lipinski definition) is 4. The van der Waals surface area contributed by atoms with E-state index in [0.29, 0.717) is 24.4 Å². The van der Waals surface area contributed by atoms with Gasteiger partial charge in [-0.3, -0.25) is 4.99 Å². The second kappa shape index (κ2) is 12.2. The summed E-state index contributed by atoms with van der Waals surface area (Å²) < 4.78 is 0. The predicted molar refractivity (Wildman–Crippen MR) is 129 cm³/mol. The molecular weight excluding hydrogens is 469 g/mol. The van der Waals surface area contributed by atoms with Crippen LogP contribution in [-0.4, -0.2) is 30.6 Å². The van der Waals surface area contributed by atoms with Crippen LogP contribution in [0.4, 0.5) is 5.69 Å². The Morgan fingerprint density at radius 3 is 2.37 bits per heavy atom. The molecule has 0 fully saturated rings. The number of halogens is 1. The molecule has 0 aliphatic carbocycles. The summed E-state index contributed by atoms with van der Waals surface area (Å²) in [5.41, 5.74) is 2.29. The standard InChI is InChI=1S/C20H31N5S.HI/c1-14(2)17(24-16-9-7-6-8-10-16)11-22-20(21-5)23-12-19-25-18(13-26-19)15(3)4;/h6-10,13-15,17,24H,11-12H2,1-5H3,(H2,21,22,23);1H. The predicted octanol–water partition coefficient (Wildman–Crippen LogP) is 4.69. The van der Waals surface area contributed by atoms with Crippen LogP contribution in [0.5, 0.6) is 0 Å². The number of para-hydroxylation sites is 1. The lowest BCUT2D eigenvalue weighted by molar-refractivity contribution is 0.512. The third-order valence-corrected chi connectivity index (χ3v) is 5.08. The van der Waals surface area contributed by atoms with Crippen LogP contribution in [0.25, 0.3) is 0 Å². The Morgan fingerprint density at radius 1 is 1.11 bits per heavy atom. The first-order valence-electron chi connectivity index (χ1n) is 9.20. The van der Waals surface area contributed by atoms with E-state index >= 15 is 0 Å². The largest absolute Gasteiger partial charge is 0.380 e. The van der Waals surface area contributed by atoms with Crippen molar-refractivity contribution < 1.29 is 0 Å². The van der Waals surface area contributed by atoms with Gasteiger partial charge in [0.05, 0.1) is 12.2 Å². The highest BCUT2D eigenvalue weighted by molar-refractivity contribution is 14.0. The molecule has 0 saturated carbocycles. The third-order valence-electron chi connectivity index (χ3n) is 4.21. The summed E-state index contributed by atoms with van der Waals surface area (Å²) in [5.74, 6) is 1.76. The van der Waals surface area contributed by atoms with Crippen LogP contribution < -0.4 is 16.0 Å². The number of aliphatic imine (C=N–C) groups is 1. The summed E-state index contributed by atoms with van der Waals surface area (Å²) in [6, 6.07) is 10.6. The number of anilines is 1. The molecule has 0 radical (unpaired) electrons. The first-order valence-corrected chi connectivity index (χ1v) is 10.1. The molecule has 2 aromatic rings. The molecule has 0 aliphatic rings. The molecule has 0 saturated heterocycles. The molecule has 1 aromatic heterocycles. The molecule has 1 unspecified atom stereocenters. The molecule has 3 N–H and O–H groups in total. The normalized spacial score (nSPS) is 12.6. The maximum absolute atomic E-state index is 4.66. The quantitative estimate of drug-likeness (QED) is 0.279. The van der Waals surface area contributed by atoms with Crippen molar-refractivity contribution in [2.75, 3.05) is 18.9 Å². The smallest absolute Gasteiger partial charge is 0.191 e. The van der Waals surface area contributed by atoms with E-state index in [0.717, 1.165) is 28.9 Å².